The highest BCUT2D eigenvalue weighted by atomic mass is 15.3. The number of likely N-dealkylation sites (tertiary alicyclic amines) is 1. The lowest BCUT2D eigenvalue weighted by atomic mass is 10.2. The van der Waals surface area contributed by atoms with Crippen LogP contribution in [-0.2, 0) is 13.6 Å². The Kier molecular flexibility index (Phi) is 3.16. The number of nitrogens with zero attached hydrogens (tertiary/aromatic N) is 3. The van der Waals surface area contributed by atoms with Gasteiger partial charge >= 0.3 is 0 Å². The molecule has 1 saturated heterocycles. The molecule has 1 saturated carbocycles. The largest absolute Gasteiger partial charge is 0.312 e. The van der Waals surface area contributed by atoms with Gasteiger partial charge in [-0.05, 0) is 32.2 Å². The zero-order valence-corrected chi connectivity index (χ0v) is 10.6. The highest BCUT2D eigenvalue weighted by molar-refractivity contribution is 5.04. The summed E-state index contributed by atoms with van der Waals surface area (Å²) in [6.07, 6.45) is 9.58. The lowest BCUT2D eigenvalue weighted by Gasteiger charge is -2.24. The number of aryl methyl sites for hydroxylation is 1. The molecule has 0 bridgehead atoms. The minimum atomic E-state index is 0.732. The van der Waals surface area contributed by atoms with Gasteiger partial charge < -0.3 is 5.32 Å². The molecule has 0 radical (unpaired) electrons. The van der Waals surface area contributed by atoms with Gasteiger partial charge in [-0.15, -0.1) is 0 Å². The molecule has 3 rings (SSSR count). The van der Waals surface area contributed by atoms with Crippen molar-refractivity contribution >= 4 is 0 Å². The average Bonchev–Trinajstić information content (AvgIpc) is 2.90. The summed E-state index contributed by atoms with van der Waals surface area (Å²) < 4.78 is 1.89. The van der Waals surface area contributed by atoms with Crippen molar-refractivity contribution in [3.8, 4) is 0 Å². The fraction of sp³-hybridized carbons (Fsp3) is 0.769. The summed E-state index contributed by atoms with van der Waals surface area (Å²) in [6.45, 7) is 3.47. The van der Waals surface area contributed by atoms with Gasteiger partial charge in [0.2, 0.25) is 0 Å². The molecule has 1 N–H and O–H groups in total. The van der Waals surface area contributed by atoms with E-state index >= 15 is 0 Å². The second kappa shape index (κ2) is 4.78. The van der Waals surface area contributed by atoms with Crippen LogP contribution in [0.15, 0.2) is 12.4 Å². The van der Waals surface area contributed by atoms with Gasteiger partial charge in [0.1, 0.15) is 0 Å². The van der Waals surface area contributed by atoms with Gasteiger partial charge in [-0.1, -0.05) is 0 Å². The third kappa shape index (κ3) is 2.87. The van der Waals surface area contributed by atoms with Gasteiger partial charge in [0.25, 0.3) is 0 Å². The topological polar surface area (TPSA) is 33.1 Å². The number of nitrogens with one attached hydrogen (secondary N) is 1. The third-order valence-electron chi connectivity index (χ3n) is 3.86. The van der Waals surface area contributed by atoms with Crippen molar-refractivity contribution in [2.24, 2.45) is 7.05 Å². The highest BCUT2D eigenvalue weighted by Gasteiger charge is 2.27. The van der Waals surface area contributed by atoms with Crippen molar-refractivity contribution in [3.63, 3.8) is 0 Å². The molecule has 1 aromatic rings. The molecule has 4 nitrogen and oxygen atoms in total. The van der Waals surface area contributed by atoms with E-state index in [1.807, 2.05) is 17.9 Å². The minimum Gasteiger partial charge on any atom is -0.312 e. The van der Waals surface area contributed by atoms with Crippen molar-refractivity contribution in [3.05, 3.63) is 18.0 Å². The Bertz CT molecular complexity index is 369. The van der Waals surface area contributed by atoms with Gasteiger partial charge in [-0.25, -0.2) is 0 Å². The van der Waals surface area contributed by atoms with E-state index < -0.39 is 0 Å². The van der Waals surface area contributed by atoms with Crippen LogP contribution in [0.5, 0.6) is 0 Å². The summed E-state index contributed by atoms with van der Waals surface area (Å²) in [5, 5.41) is 7.90. The number of rotatable bonds is 5. The number of hydrogen-bond acceptors (Lipinski definition) is 3. The van der Waals surface area contributed by atoms with Gasteiger partial charge in [0, 0.05) is 44.0 Å². The standard InChI is InChI=1S/C13H22N4/c1-16-9-11(7-15-16)10-17-6-2-3-13(17)8-14-12-4-5-12/h7,9,12-14H,2-6,8,10H2,1H3. The first-order valence-electron chi connectivity index (χ1n) is 6.76. The van der Waals surface area contributed by atoms with Crippen LogP contribution in [0.2, 0.25) is 0 Å². The third-order valence-corrected chi connectivity index (χ3v) is 3.86. The van der Waals surface area contributed by atoms with Gasteiger partial charge in [-0.3, -0.25) is 9.58 Å². The zero-order chi connectivity index (χ0) is 11.7. The lowest BCUT2D eigenvalue weighted by molar-refractivity contribution is 0.239. The first kappa shape index (κ1) is 11.2. The van der Waals surface area contributed by atoms with Gasteiger partial charge in [0.15, 0.2) is 0 Å². The molecule has 2 aliphatic rings. The van der Waals surface area contributed by atoms with E-state index in [-0.39, 0.29) is 0 Å². The van der Waals surface area contributed by atoms with Crippen LogP contribution in [0.25, 0.3) is 0 Å². The highest BCUT2D eigenvalue weighted by Crippen LogP contribution is 2.22. The predicted octanol–water partition coefficient (Wildman–Crippen LogP) is 1.14. The van der Waals surface area contributed by atoms with Crippen LogP contribution < -0.4 is 5.32 Å². The maximum atomic E-state index is 4.24. The fourth-order valence-corrected chi connectivity index (χ4v) is 2.71. The Labute approximate surface area is 103 Å². The molecule has 0 spiro atoms. The first-order chi connectivity index (χ1) is 8.31. The van der Waals surface area contributed by atoms with E-state index in [0.717, 1.165) is 18.6 Å². The Morgan fingerprint density at radius 1 is 1.41 bits per heavy atom. The van der Waals surface area contributed by atoms with E-state index in [4.69, 9.17) is 0 Å². The lowest BCUT2D eigenvalue weighted by Crippen LogP contribution is -2.38. The molecular weight excluding hydrogens is 212 g/mol. The quantitative estimate of drug-likeness (QED) is 0.829. The molecular formula is C13H22N4. The molecule has 1 unspecified atom stereocenters. The summed E-state index contributed by atoms with van der Waals surface area (Å²) in [5.41, 5.74) is 1.34. The van der Waals surface area contributed by atoms with Crippen LogP contribution in [0.4, 0.5) is 0 Å². The van der Waals surface area contributed by atoms with Crippen LogP contribution in [0, 0.1) is 0 Å². The van der Waals surface area contributed by atoms with Crippen LogP contribution in [0.3, 0.4) is 0 Å². The summed E-state index contributed by atoms with van der Waals surface area (Å²) in [5.74, 6) is 0. The second-order valence-corrected chi connectivity index (χ2v) is 5.47. The van der Waals surface area contributed by atoms with E-state index in [1.54, 1.807) is 0 Å². The molecule has 94 valence electrons. The van der Waals surface area contributed by atoms with Crippen LogP contribution in [-0.4, -0.2) is 39.9 Å². The predicted molar refractivity (Wildman–Crippen MR) is 67.7 cm³/mol. The van der Waals surface area contributed by atoms with Gasteiger partial charge in [-0.2, -0.15) is 5.10 Å². The molecule has 4 heteroatoms. The fourth-order valence-electron chi connectivity index (χ4n) is 2.71. The van der Waals surface area contributed by atoms with Crippen molar-refractivity contribution in [2.75, 3.05) is 13.1 Å². The first-order valence-corrected chi connectivity index (χ1v) is 6.76. The molecule has 17 heavy (non-hydrogen) atoms. The Balaban J connectivity index is 1.53. The Morgan fingerprint density at radius 3 is 3.00 bits per heavy atom. The van der Waals surface area contributed by atoms with Crippen molar-refractivity contribution in [1.29, 1.82) is 0 Å². The molecule has 0 amide bonds. The Morgan fingerprint density at radius 2 is 2.29 bits per heavy atom. The Hall–Kier alpha value is -0.870. The minimum absolute atomic E-state index is 0.732. The molecule has 1 aliphatic heterocycles. The summed E-state index contributed by atoms with van der Waals surface area (Å²) in [6, 6.07) is 1.56. The normalized spacial score (nSPS) is 25.6. The van der Waals surface area contributed by atoms with Crippen LogP contribution >= 0.6 is 0 Å². The molecule has 2 fully saturated rings. The zero-order valence-electron chi connectivity index (χ0n) is 10.6. The van der Waals surface area contributed by atoms with Crippen molar-refractivity contribution in [2.45, 2.75) is 44.3 Å². The maximum Gasteiger partial charge on any atom is 0.0534 e. The average molecular weight is 234 g/mol. The SMILES string of the molecule is Cn1cc(CN2CCCC2CNC2CC2)cn1. The summed E-state index contributed by atoms with van der Waals surface area (Å²) in [4.78, 5) is 2.60. The number of aromatic nitrogens is 2. The second-order valence-electron chi connectivity index (χ2n) is 5.47. The van der Waals surface area contributed by atoms with Crippen molar-refractivity contribution in [1.82, 2.24) is 20.0 Å². The van der Waals surface area contributed by atoms with E-state index in [1.165, 1.54) is 44.3 Å². The molecule has 1 aromatic heterocycles. The summed E-state index contributed by atoms with van der Waals surface area (Å²) in [7, 11) is 1.99. The molecule has 1 aliphatic carbocycles. The van der Waals surface area contributed by atoms with Crippen LogP contribution in [0.1, 0.15) is 31.2 Å². The van der Waals surface area contributed by atoms with Gasteiger partial charge in [0.05, 0.1) is 6.20 Å². The number of hydrogen-bond donors (Lipinski definition) is 1. The summed E-state index contributed by atoms with van der Waals surface area (Å²) >= 11 is 0. The molecule has 0 aromatic carbocycles. The van der Waals surface area contributed by atoms with E-state index in [2.05, 4.69) is 21.5 Å². The molecule has 1 atom stereocenters. The van der Waals surface area contributed by atoms with Crippen molar-refractivity contribution < 1.29 is 0 Å². The smallest absolute Gasteiger partial charge is 0.0534 e. The molecule has 2 heterocycles. The van der Waals surface area contributed by atoms with E-state index in [0.29, 0.717) is 0 Å². The van der Waals surface area contributed by atoms with E-state index in [9.17, 15) is 0 Å². The maximum absolute atomic E-state index is 4.24. The monoisotopic (exact) mass is 234 g/mol.